The number of Topliss-reactive ketones (excluding diaryl/α,β-unsaturated/α-hetero) is 1. The summed E-state index contributed by atoms with van der Waals surface area (Å²) in [4.78, 5) is 28.1. The Bertz CT molecular complexity index is 1420. The molecule has 1 fully saturated rings. The first-order valence-electron chi connectivity index (χ1n) is 11.3. The van der Waals surface area contributed by atoms with Gasteiger partial charge in [-0.2, -0.15) is 0 Å². The van der Waals surface area contributed by atoms with Gasteiger partial charge in [-0.05, 0) is 46.9 Å². The maximum atomic E-state index is 13.4. The Morgan fingerprint density at radius 3 is 2.28 bits per heavy atom. The average Bonchev–Trinajstić information content (AvgIpc) is 3.42. The molecular weight excluding hydrogens is 501 g/mol. The smallest absolute Gasteiger partial charge is 0.300 e. The Hall–Kier alpha value is -3.48. The van der Waals surface area contributed by atoms with Gasteiger partial charge in [-0.1, -0.05) is 68.2 Å². The molecule has 0 radical (unpaired) electrons. The fourth-order valence-electron chi connectivity index (χ4n) is 4.41. The molecule has 2 aliphatic heterocycles. The molecule has 0 bridgehead atoms. The van der Waals surface area contributed by atoms with Crippen LogP contribution < -0.4 is 14.4 Å². The topological polar surface area (TPSA) is 76.1 Å². The number of fused-ring (bicyclic) bond motifs is 1. The van der Waals surface area contributed by atoms with Crippen LogP contribution in [0.2, 0.25) is 10.0 Å². The minimum absolute atomic E-state index is 0.0421. The van der Waals surface area contributed by atoms with Gasteiger partial charge in [-0.15, -0.1) is 0 Å². The van der Waals surface area contributed by atoms with Crippen LogP contribution in [-0.4, -0.2) is 23.6 Å². The van der Waals surface area contributed by atoms with Gasteiger partial charge in [0.25, 0.3) is 11.7 Å². The molecule has 2 aliphatic rings. The van der Waals surface area contributed by atoms with Gasteiger partial charge in [0, 0.05) is 17.3 Å². The third-order valence-electron chi connectivity index (χ3n) is 6.36. The zero-order valence-electron chi connectivity index (χ0n) is 19.8. The fraction of sp³-hybridized carbons (Fsp3) is 0.214. The van der Waals surface area contributed by atoms with Crippen LogP contribution in [0.15, 0.2) is 66.2 Å². The summed E-state index contributed by atoms with van der Waals surface area (Å²) in [6.07, 6.45) is 0. The molecule has 2 heterocycles. The summed E-state index contributed by atoms with van der Waals surface area (Å²) in [6, 6.07) is 16.4. The molecule has 1 atom stereocenters. The Kier molecular flexibility index (Phi) is 5.97. The molecule has 184 valence electrons. The van der Waals surface area contributed by atoms with Gasteiger partial charge in [-0.25, -0.2) is 0 Å². The van der Waals surface area contributed by atoms with Crippen LogP contribution in [0.5, 0.6) is 11.5 Å². The molecule has 3 aromatic carbocycles. The van der Waals surface area contributed by atoms with Crippen LogP contribution in [0.3, 0.4) is 0 Å². The van der Waals surface area contributed by atoms with Gasteiger partial charge < -0.3 is 14.6 Å². The van der Waals surface area contributed by atoms with Crippen molar-refractivity contribution in [3.63, 3.8) is 0 Å². The molecule has 3 aromatic rings. The number of nitrogens with zero attached hydrogens (tertiary/aromatic N) is 1. The van der Waals surface area contributed by atoms with Gasteiger partial charge in [0.05, 0.1) is 21.7 Å². The molecule has 0 saturated carbocycles. The average molecular weight is 524 g/mol. The molecule has 0 aliphatic carbocycles. The first kappa shape index (κ1) is 24.2. The molecule has 1 amide bonds. The lowest BCUT2D eigenvalue weighted by Gasteiger charge is -2.26. The SMILES string of the molecule is CC(C)(C)c1ccc(C2/C(=C(\O)c3ccc(Cl)c(Cl)c3)C(=O)C(=O)N2c2ccc3c(c2)OCO3)cc1. The van der Waals surface area contributed by atoms with Crippen LogP contribution in [0.25, 0.3) is 5.76 Å². The summed E-state index contributed by atoms with van der Waals surface area (Å²) in [7, 11) is 0. The lowest BCUT2D eigenvalue weighted by atomic mass is 9.85. The molecule has 0 aromatic heterocycles. The lowest BCUT2D eigenvalue weighted by Crippen LogP contribution is -2.29. The number of aliphatic hydroxyl groups is 1. The van der Waals surface area contributed by atoms with Crippen molar-refractivity contribution in [3.05, 3.63) is 93.0 Å². The van der Waals surface area contributed by atoms with Crippen LogP contribution in [0, 0.1) is 0 Å². The van der Waals surface area contributed by atoms with Crippen LogP contribution in [-0.2, 0) is 15.0 Å². The number of rotatable bonds is 3. The second kappa shape index (κ2) is 8.87. The fourth-order valence-corrected chi connectivity index (χ4v) is 4.71. The maximum absolute atomic E-state index is 13.4. The number of hydrogen-bond donors (Lipinski definition) is 1. The Morgan fingerprint density at radius 2 is 1.61 bits per heavy atom. The van der Waals surface area contributed by atoms with Crippen molar-refractivity contribution in [3.8, 4) is 11.5 Å². The molecule has 6 nitrogen and oxygen atoms in total. The number of hydrogen-bond acceptors (Lipinski definition) is 5. The van der Waals surface area contributed by atoms with Crippen molar-refractivity contribution in [1.29, 1.82) is 0 Å². The van der Waals surface area contributed by atoms with Crippen LogP contribution in [0.1, 0.15) is 43.5 Å². The third kappa shape index (κ3) is 4.10. The Morgan fingerprint density at radius 1 is 0.917 bits per heavy atom. The Balaban J connectivity index is 1.70. The largest absolute Gasteiger partial charge is 0.507 e. The third-order valence-corrected chi connectivity index (χ3v) is 7.10. The van der Waals surface area contributed by atoms with Crippen molar-refractivity contribution >= 4 is 46.3 Å². The van der Waals surface area contributed by atoms with E-state index in [0.29, 0.717) is 27.8 Å². The van der Waals surface area contributed by atoms with Crippen molar-refractivity contribution < 1.29 is 24.2 Å². The standard InChI is InChI=1S/C28H23Cl2NO5/c1-28(2,3)17-7-4-15(5-8-17)24-23(25(32)16-6-10-19(29)20(30)12-16)26(33)27(34)31(24)18-9-11-21-22(13-18)36-14-35-21/h4-13,24,32H,14H2,1-3H3/b25-23+. The van der Waals surface area contributed by atoms with Gasteiger partial charge in [0.15, 0.2) is 11.5 Å². The molecule has 5 rings (SSSR count). The Labute approximate surface area is 218 Å². The first-order chi connectivity index (χ1) is 17.1. The van der Waals surface area contributed by atoms with Crippen molar-refractivity contribution in [2.45, 2.75) is 32.2 Å². The molecule has 1 saturated heterocycles. The van der Waals surface area contributed by atoms with Crippen molar-refractivity contribution in [1.82, 2.24) is 0 Å². The zero-order valence-corrected chi connectivity index (χ0v) is 21.4. The zero-order chi connectivity index (χ0) is 25.8. The number of anilines is 1. The van der Waals surface area contributed by atoms with Crippen LogP contribution in [0.4, 0.5) is 5.69 Å². The summed E-state index contributed by atoms with van der Waals surface area (Å²) in [5.74, 6) is -0.875. The minimum atomic E-state index is -0.881. The van der Waals surface area contributed by atoms with E-state index in [0.717, 1.165) is 5.56 Å². The highest BCUT2D eigenvalue weighted by Crippen LogP contribution is 2.45. The molecular formula is C28H23Cl2NO5. The van der Waals surface area contributed by atoms with Gasteiger partial charge in [0.1, 0.15) is 5.76 Å². The first-order valence-corrected chi connectivity index (χ1v) is 12.1. The second-order valence-corrected chi connectivity index (χ2v) is 10.5. The highest BCUT2D eigenvalue weighted by molar-refractivity contribution is 6.51. The van der Waals surface area contributed by atoms with E-state index in [2.05, 4.69) is 20.8 Å². The highest BCUT2D eigenvalue weighted by atomic mass is 35.5. The van der Waals surface area contributed by atoms with E-state index in [-0.39, 0.29) is 34.1 Å². The van der Waals surface area contributed by atoms with Crippen molar-refractivity contribution in [2.75, 3.05) is 11.7 Å². The van der Waals surface area contributed by atoms with E-state index in [1.165, 1.54) is 17.0 Å². The van der Waals surface area contributed by atoms with E-state index >= 15 is 0 Å². The van der Waals surface area contributed by atoms with E-state index in [4.69, 9.17) is 32.7 Å². The lowest BCUT2D eigenvalue weighted by molar-refractivity contribution is -0.132. The monoisotopic (exact) mass is 523 g/mol. The van der Waals surface area contributed by atoms with E-state index in [9.17, 15) is 14.7 Å². The number of ketones is 1. The number of aliphatic hydroxyl groups excluding tert-OH is 1. The normalized spacial score (nSPS) is 18.7. The summed E-state index contributed by atoms with van der Waals surface area (Å²) in [5, 5.41) is 11.8. The number of amides is 1. The molecule has 1 N–H and O–H groups in total. The van der Waals surface area contributed by atoms with Gasteiger partial charge >= 0.3 is 0 Å². The second-order valence-electron chi connectivity index (χ2n) is 9.71. The molecule has 8 heteroatoms. The summed E-state index contributed by atoms with van der Waals surface area (Å²) in [5.41, 5.74) is 2.36. The number of benzene rings is 3. The van der Waals surface area contributed by atoms with Gasteiger partial charge in [0.2, 0.25) is 6.79 Å². The number of halogens is 2. The molecule has 0 spiro atoms. The minimum Gasteiger partial charge on any atom is -0.507 e. The quantitative estimate of drug-likeness (QED) is 0.236. The molecule has 36 heavy (non-hydrogen) atoms. The summed E-state index contributed by atoms with van der Waals surface area (Å²) >= 11 is 12.2. The number of carbonyl (C=O) groups excluding carboxylic acids is 2. The van der Waals surface area contributed by atoms with E-state index in [1.54, 1.807) is 24.3 Å². The van der Waals surface area contributed by atoms with Crippen LogP contribution >= 0.6 is 23.2 Å². The van der Waals surface area contributed by atoms with E-state index in [1.807, 2.05) is 24.3 Å². The highest BCUT2D eigenvalue weighted by Gasteiger charge is 2.47. The van der Waals surface area contributed by atoms with Crippen molar-refractivity contribution in [2.24, 2.45) is 0 Å². The predicted molar refractivity (Wildman–Crippen MR) is 139 cm³/mol. The van der Waals surface area contributed by atoms with E-state index < -0.39 is 17.7 Å². The number of ether oxygens (including phenoxy) is 2. The predicted octanol–water partition coefficient (Wildman–Crippen LogP) is 6.65. The van der Waals surface area contributed by atoms with Gasteiger partial charge in [-0.3, -0.25) is 14.5 Å². The summed E-state index contributed by atoms with van der Waals surface area (Å²) < 4.78 is 10.9. The maximum Gasteiger partial charge on any atom is 0.300 e. The summed E-state index contributed by atoms with van der Waals surface area (Å²) in [6.45, 7) is 6.38. The molecule has 1 unspecified atom stereocenters. The number of carbonyl (C=O) groups is 2.